The molecule has 0 aliphatic carbocycles. The minimum Gasteiger partial charge on any atom is -0.398 e. The van der Waals surface area contributed by atoms with Crippen LogP contribution in [0.3, 0.4) is 0 Å². The van der Waals surface area contributed by atoms with E-state index >= 15 is 0 Å². The second-order valence-electron chi connectivity index (χ2n) is 4.95. The molecule has 1 aromatic rings. The molecule has 1 aliphatic rings. The molecule has 0 radical (unpaired) electrons. The quantitative estimate of drug-likeness (QED) is 0.839. The SMILES string of the molecule is CC(NC(=O)c1ccc(N)c(Br)c1)C1CCOCC1. The lowest BCUT2D eigenvalue weighted by Crippen LogP contribution is -2.40. The van der Waals surface area contributed by atoms with Crippen molar-refractivity contribution in [3.8, 4) is 0 Å². The summed E-state index contributed by atoms with van der Waals surface area (Å²) in [7, 11) is 0. The van der Waals surface area contributed by atoms with Gasteiger partial charge in [-0.1, -0.05) is 0 Å². The molecular weight excluding hydrogens is 308 g/mol. The predicted molar refractivity (Wildman–Crippen MR) is 79.0 cm³/mol. The highest BCUT2D eigenvalue weighted by atomic mass is 79.9. The Bertz CT molecular complexity index is 459. The highest BCUT2D eigenvalue weighted by Crippen LogP contribution is 2.22. The Balaban J connectivity index is 1.97. The van der Waals surface area contributed by atoms with Gasteiger partial charge in [-0.15, -0.1) is 0 Å². The van der Waals surface area contributed by atoms with Crippen LogP contribution >= 0.6 is 15.9 Å². The van der Waals surface area contributed by atoms with Gasteiger partial charge in [0, 0.05) is 35.0 Å². The molecule has 0 aromatic heterocycles. The van der Waals surface area contributed by atoms with Crippen LogP contribution in [0.25, 0.3) is 0 Å². The first-order valence-corrected chi connectivity index (χ1v) is 7.31. The second-order valence-corrected chi connectivity index (χ2v) is 5.80. The lowest BCUT2D eigenvalue weighted by atomic mass is 9.93. The fourth-order valence-corrected chi connectivity index (χ4v) is 2.67. The summed E-state index contributed by atoms with van der Waals surface area (Å²) < 4.78 is 6.08. The number of carbonyl (C=O) groups is 1. The zero-order valence-corrected chi connectivity index (χ0v) is 12.6. The maximum Gasteiger partial charge on any atom is 0.251 e. The van der Waals surface area contributed by atoms with Crippen molar-refractivity contribution in [3.05, 3.63) is 28.2 Å². The van der Waals surface area contributed by atoms with Crippen LogP contribution in [0, 0.1) is 5.92 Å². The Morgan fingerprint density at radius 3 is 2.79 bits per heavy atom. The van der Waals surface area contributed by atoms with Gasteiger partial charge in [0.2, 0.25) is 0 Å². The van der Waals surface area contributed by atoms with Crippen LogP contribution in [0.15, 0.2) is 22.7 Å². The number of carbonyl (C=O) groups excluding carboxylic acids is 1. The predicted octanol–water partition coefficient (Wildman–Crippen LogP) is 2.58. The number of rotatable bonds is 3. The van der Waals surface area contributed by atoms with E-state index in [0.717, 1.165) is 30.5 Å². The molecule has 1 fully saturated rings. The van der Waals surface area contributed by atoms with Crippen LogP contribution < -0.4 is 11.1 Å². The number of nitrogens with one attached hydrogen (secondary N) is 1. The van der Waals surface area contributed by atoms with E-state index in [9.17, 15) is 4.79 Å². The summed E-state index contributed by atoms with van der Waals surface area (Å²) in [6, 6.07) is 5.39. The van der Waals surface area contributed by atoms with E-state index in [2.05, 4.69) is 28.2 Å². The van der Waals surface area contributed by atoms with Crippen LogP contribution in [-0.2, 0) is 4.74 Å². The maximum atomic E-state index is 12.2. The number of nitrogen functional groups attached to an aromatic ring is 1. The second kappa shape index (κ2) is 6.39. The first kappa shape index (κ1) is 14.3. The van der Waals surface area contributed by atoms with Crippen molar-refractivity contribution >= 4 is 27.5 Å². The zero-order chi connectivity index (χ0) is 13.8. The van der Waals surface area contributed by atoms with Crippen LogP contribution in [-0.4, -0.2) is 25.2 Å². The van der Waals surface area contributed by atoms with Gasteiger partial charge in [0.25, 0.3) is 5.91 Å². The number of ether oxygens (including phenoxy) is 1. The number of anilines is 1. The van der Waals surface area contributed by atoms with Gasteiger partial charge in [-0.25, -0.2) is 0 Å². The number of benzene rings is 1. The van der Waals surface area contributed by atoms with Crippen molar-refractivity contribution in [3.63, 3.8) is 0 Å². The Labute approximate surface area is 121 Å². The molecule has 0 spiro atoms. The molecule has 1 amide bonds. The summed E-state index contributed by atoms with van der Waals surface area (Å²) in [5.74, 6) is 0.439. The minimum atomic E-state index is -0.0558. The lowest BCUT2D eigenvalue weighted by molar-refractivity contribution is 0.0538. The first-order valence-electron chi connectivity index (χ1n) is 6.51. The largest absolute Gasteiger partial charge is 0.398 e. The fourth-order valence-electron chi connectivity index (χ4n) is 2.29. The van der Waals surface area contributed by atoms with Crippen molar-refractivity contribution in [1.82, 2.24) is 5.32 Å². The molecule has 19 heavy (non-hydrogen) atoms. The van der Waals surface area contributed by atoms with E-state index in [1.54, 1.807) is 18.2 Å². The molecule has 2 rings (SSSR count). The van der Waals surface area contributed by atoms with Gasteiger partial charge in [-0.3, -0.25) is 4.79 Å². The molecule has 3 N–H and O–H groups in total. The first-order chi connectivity index (χ1) is 9.08. The summed E-state index contributed by atoms with van der Waals surface area (Å²) in [4.78, 5) is 12.2. The third kappa shape index (κ3) is 3.70. The Hall–Kier alpha value is -1.07. The average molecular weight is 327 g/mol. The monoisotopic (exact) mass is 326 g/mol. The van der Waals surface area contributed by atoms with Crippen LogP contribution in [0.4, 0.5) is 5.69 Å². The van der Waals surface area contributed by atoms with Crippen molar-refractivity contribution < 1.29 is 9.53 Å². The van der Waals surface area contributed by atoms with Crippen LogP contribution in [0.2, 0.25) is 0 Å². The Kier molecular flexibility index (Phi) is 4.82. The van der Waals surface area contributed by atoms with Crippen molar-refractivity contribution in [1.29, 1.82) is 0 Å². The van der Waals surface area contributed by atoms with Gasteiger partial charge < -0.3 is 15.8 Å². The summed E-state index contributed by atoms with van der Waals surface area (Å²) >= 11 is 3.34. The van der Waals surface area contributed by atoms with E-state index in [4.69, 9.17) is 10.5 Å². The molecule has 1 unspecified atom stereocenters. The Morgan fingerprint density at radius 1 is 1.47 bits per heavy atom. The van der Waals surface area contributed by atoms with Crippen LogP contribution in [0.1, 0.15) is 30.1 Å². The van der Waals surface area contributed by atoms with E-state index in [1.165, 1.54) is 0 Å². The van der Waals surface area contributed by atoms with Gasteiger partial charge in [-0.2, -0.15) is 0 Å². The molecule has 0 bridgehead atoms. The van der Waals surface area contributed by atoms with Crippen molar-refractivity contribution in [2.24, 2.45) is 5.92 Å². The Morgan fingerprint density at radius 2 is 2.16 bits per heavy atom. The third-order valence-electron chi connectivity index (χ3n) is 3.59. The van der Waals surface area contributed by atoms with Gasteiger partial charge in [0.15, 0.2) is 0 Å². The summed E-state index contributed by atoms with van der Waals surface area (Å²) in [5, 5.41) is 3.06. The molecule has 0 saturated carbocycles. The lowest BCUT2D eigenvalue weighted by Gasteiger charge is -2.28. The molecule has 4 nitrogen and oxygen atoms in total. The summed E-state index contributed by atoms with van der Waals surface area (Å²) in [6.07, 6.45) is 2.01. The molecule has 1 atom stereocenters. The normalized spacial score (nSPS) is 18.0. The van der Waals surface area contributed by atoms with Gasteiger partial charge in [0.05, 0.1) is 0 Å². The molecule has 1 heterocycles. The number of hydrogen-bond acceptors (Lipinski definition) is 3. The standard InChI is InChI=1S/C14H19BrN2O2/c1-9(10-4-6-19-7-5-10)17-14(18)11-2-3-13(16)12(15)8-11/h2-3,8-10H,4-7,16H2,1H3,(H,17,18). The summed E-state index contributed by atoms with van der Waals surface area (Å²) in [5.41, 5.74) is 6.97. The van der Waals surface area contributed by atoms with E-state index in [1.807, 2.05) is 0 Å². The van der Waals surface area contributed by atoms with E-state index in [-0.39, 0.29) is 11.9 Å². The van der Waals surface area contributed by atoms with E-state index in [0.29, 0.717) is 17.2 Å². The fraction of sp³-hybridized carbons (Fsp3) is 0.500. The average Bonchev–Trinajstić information content (AvgIpc) is 2.42. The highest BCUT2D eigenvalue weighted by Gasteiger charge is 2.22. The number of halogens is 1. The van der Waals surface area contributed by atoms with Crippen molar-refractivity contribution in [2.45, 2.75) is 25.8 Å². The molecule has 1 saturated heterocycles. The number of hydrogen-bond donors (Lipinski definition) is 2. The van der Waals surface area contributed by atoms with Crippen molar-refractivity contribution in [2.75, 3.05) is 18.9 Å². The molecule has 1 aromatic carbocycles. The zero-order valence-electron chi connectivity index (χ0n) is 11.0. The molecular formula is C14H19BrN2O2. The van der Waals surface area contributed by atoms with Gasteiger partial charge >= 0.3 is 0 Å². The smallest absolute Gasteiger partial charge is 0.251 e. The molecule has 104 valence electrons. The minimum absolute atomic E-state index is 0.0558. The topological polar surface area (TPSA) is 64.4 Å². The van der Waals surface area contributed by atoms with Gasteiger partial charge in [0.1, 0.15) is 0 Å². The third-order valence-corrected chi connectivity index (χ3v) is 4.28. The van der Waals surface area contributed by atoms with E-state index < -0.39 is 0 Å². The maximum absolute atomic E-state index is 12.2. The van der Waals surface area contributed by atoms with Gasteiger partial charge in [-0.05, 0) is 59.8 Å². The molecule has 1 aliphatic heterocycles. The number of nitrogens with two attached hydrogens (primary N) is 1. The highest BCUT2D eigenvalue weighted by molar-refractivity contribution is 9.10. The number of amides is 1. The summed E-state index contributed by atoms with van der Waals surface area (Å²) in [6.45, 7) is 3.64. The molecule has 5 heteroatoms. The van der Waals surface area contributed by atoms with Crippen LogP contribution in [0.5, 0.6) is 0 Å².